The first-order valence-electron chi connectivity index (χ1n) is 7.99. The van der Waals surface area contributed by atoms with Gasteiger partial charge in [0.2, 0.25) is 0 Å². The molecule has 0 radical (unpaired) electrons. The van der Waals surface area contributed by atoms with Crippen LogP contribution in [0.2, 0.25) is 0 Å². The third-order valence-corrected chi connectivity index (χ3v) is 4.16. The first-order chi connectivity index (χ1) is 11.7. The normalized spacial score (nSPS) is 12.1. The lowest BCUT2D eigenvalue weighted by molar-refractivity contribution is 0.119. The highest BCUT2D eigenvalue weighted by molar-refractivity contribution is 5.55. The second kappa shape index (κ2) is 7.27. The van der Waals surface area contributed by atoms with Crippen LogP contribution in [0.25, 0.3) is 11.4 Å². The summed E-state index contributed by atoms with van der Waals surface area (Å²) in [5.74, 6) is 1.76. The van der Waals surface area contributed by atoms with E-state index in [2.05, 4.69) is 27.6 Å². The van der Waals surface area contributed by atoms with E-state index in [0.717, 1.165) is 28.5 Å². The molecule has 3 rings (SSSR count). The van der Waals surface area contributed by atoms with Crippen molar-refractivity contribution in [2.24, 2.45) is 7.05 Å². The molecule has 0 spiro atoms. The number of anilines is 1. The Bertz CT molecular complexity index is 798. The molecule has 0 aliphatic rings. The number of rotatable bonds is 6. The number of aromatic nitrogens is 3. The van der Waals surface area contributed by atoms with Gasteiger partial charge in [0.1, 0.15) is 0 Å². The fourth-order valence-electron chi connectivity index (χ4n) is 2.57. The van der Waals surface area contributed by atoms with Crippen molar-refractivity contribution in [1.82, 2.24) is 14.8 Å². The molecule has 0 unspecified atom stereocenters. The molecule has 1 N–H and O–H groups in total. The quantitative estimate of drug-likeness (QED) is 0.750. The van der Waals surface area contributed by atoms with Crippen molar-refractivity contribution in [3.63, 3.8) is 0 Å². The first-order valence-corrected chi connectivity index (χ1v) is 7.99. The summed E-state index contributed by atoms with van der Waals surface area (Å²) in [6.07, 6.45) is 0.0752. The third kappa shape index (κ3) is 3.46. The van der Waals surface area contributed by atoms with Gasteiger partial charge in [0.25, 0.3) is 0 Å². The van der Waals surface area contributed by atoms with E-state index in [1.807, 2.05) is 61.0 Å². The number of nitrogens with zero attached hydrogens (tertiary/aromatic N) is 3. The molecule has 2 aromatic carbocycles. The van der Waals surface area contributed by atoms with Crippen LogP contribution < -0.4 is 5.32 Å². The summed E-state index contributed by atoms with van der Waals surface area (Å²) in [7, 11) is 3.71. The molecule has 0 amide bonds. The van der Waals surface area contributed by atoms with Gasteiger partial charge < -0.3 is 14.6 Å². The van der Waals surface area contributed by atoms with Crippen molar-refractivity contribution in [3.05, 3.63) is 66.0 Å². The van der Waals surface area contributed by atoms with E-state index in [0.29, 0.717) is 6.54 Å². The topological polar surface area (TPSA) is 52.0 Å². The molecule has 0 saturated heterocycles. The van der Waals surface area contributed by atoms with Crippen LogP contribution in [0.15, 0.2) is 54.6 Å². The molecule has 1 heterocycles. The van der Waals surface area contributed by atoms with E-state index >= 15 is 0 Å². The Morgan fingerprint density at radius 1 is 1.08 bits per heavy atom. The average molecular weight is 322 g/mol. The van der Waals surface area contributed by atoms with Crippen LogP contribution in [0, 0.1) is 0 Å². The van der Waals surface area contributed by atoms with Crippen LogP contribution in [0.4, 0.5) is 5.69 Å². The molecule has 0 saturated carbocycles. The van der Waals surface area contributed by atoms with Gasteiger partial charge in [-0.05, 0) is 24.6 Å². The molecule has 0 bridgehead atoms. The van der Waals surface area contributed by atoms with Gasteiger partial charge in [-0.25, -0.2) is 0 Å². The molecule has 1 aromatic heterocycles. The predicted molar refractivity (Wildman–Crippen MR) is 95.6 cm³/mol. The minimum atomic E-state index is 0.0752. The van der Waals surface area contributed by atoms with Crippen molar-refractivity contribution in [2.75, 3.05) is 12.4 Å². The molecule has 24 heavy (non-hydrogen) atoms. The minimum absolute atomic E-state index is 0.0752. The number of methoxy groups -OCH3 is 1. The summed E-state index contributed by atoms with van der Waals surface area (Å²) in [5, 5.41) is 12.0. The van der Waals surface area contributed by atoms with Crippen molar-refractivity contribution in [2.45, 2.75) is 19.6 Å². The van der Waals surface area contributed by atoms with Gasteiger partial charge in [-0.15, -0.1) is 10.2 Å². The average Bonchev–Trinajstić information content (AvgIpc) is 3.01. The van der Waals surface area contributed by atoms with Crippen LogP contribution >= 0.6 is 0 Å². The van der Waals surface area contributed by atoms with Gasteiger partial charge in [-0.3, -0.25) is 0 Å². The SMILES string of the molecule is CO[C@H](C)c1cccc(NCc2nnc(-c3ccccc3)n2C)c1. The highest BCUT2D eigenvalue weighted by atomic mass is 16.5. The number of hydrogen-bond acceptors (Lipinski definition) is 4. The lowest BCUT2D eigenvalue weighted by Gasteiger charge is -2.12. The van der Waals surface area contributed by atoms with E-state index in [4.69, 9.17) is 4.74 Å². The number of ether oxygens (including phenoxy) is 1. The second-order valence-corrected chi connectivity index (χ2v) is 5.72. The van der Waals surface area contributed by atoms with E-state index in [-0.39, 0.29) is 6.10 Å². The van der Waals surface area contributed by atoms with Crippen molar-refractivity contribution < 1.29 is 4.74 Å². The van der Waals surface area contributed by atoms with Gasteiger partial charge in [0, 0.05) is 25.4 Å². The fraction of sp³-hybridized carbons (Fsp3) is 0.263. The van der Waals surface area contributed by atoms with Crippen LogP contribution in [-0.4, -0.2) is 21.9 Å². The van der Waals surface area contributed by atoms with Gasteiger partial charge in [0.15, 0.2) is 11.6 Å². The summed E-state index contributed by atoms with van der Waals surface area (Å²) in [4.78, 5) is 0. The monoisotopic (exact) mass is 322 g/mol. The lowest BCUT2D eigenvalue weighted by Crippen LogP contribution is -2.07. The number of nitrogens with one attached hydrogen (secondary N) is 1. The van der Waals surface area contributed by atoms with E-state index in [1.165, 1.54) is 0 Å². The fourth-order valence-corrected chi connectivity index (χ4v) is 2.57. The Morgan fingerprint density at radius 3 is 2.62 bits per heavy atom. The van der Waals surface area contributed by atoms with E-state index < -0.39 is 0 Å². The predicted octanol–water partition coefficient (Wildman–Crippen LogP) is 3.80. The van der Waals surface area contributed by atoms with E-state index in [1.54, 1.807) is 7.11 Å². The standard InChI is InChI=1S/C19H22N4O/c1-14(24-3)16-10-7-11-17(12-16)20-13-18-21-22-19(23(18)2)15-8-5-4-6-9-15/h4-12,14,20H,13H2,1-3H3/t14-/m1/s1. The minimum Gasteiger partial charge on any atom is -0.378 e. The van der Waals surface area contributed by atoms with Crippen molar-refractivity contribution >= 4 is 5.69 Å². The van der Waals surface area contributed by atoms with Crippen molar-refractivity contribution in [1.29, 1.82) is 0 Å². The molecule has 3 aromatic rings. The molecule has 5 nitrogen and oxygen atoms in total. The maximum absolute atomic E-state index is 5.37. The zero-order valence-electron chi connectivity index (χ0n) is 14.2. The van der Waals surface area contributed by atoms with Gasteiger partial charge in [-0.2, -0.15) is 0 Å². The third-order valence-electron chi connectivity index (χ3n) is 4.16. The summed E-state index contributed by atoms with van der Waals surface area (Å²) >= 11 is 0. The smallest absolute Gasteiger partial charge is 0.163 e. The van der Waals surface area contributed by atoms with Crippen LogP contribution in [0.3, 0.4) is 0 Å². The van der Waals surface area contributed by atoms with Crippen LogP contribution in [0.1, 0.15) is 24.4 Å². The van der Waals surface area contributed by atoms with E-state index in [9.17, 15) is 0 Å². The maximum atomic E-state index is 5.37. The molecule has 124 valence electrons. The Balaban J connectivity index is 1.73. The van der Waals surface area contributed by atoms with Crippen molar-refractivity contribution in [3.8, 4) is 11.4 Å². The van der Waals surface area contributed by atoms with Crippen LogP contribution in [-0.2, 0) is 18.3 Å². The lowest BCUT2D eigenvalue weighted by atomic mass is 10.1. The maximum Gasteiger partial charge on any atom is 0.163 e. The Kier molecular flexibility index (Phi) is 4.91. The Morgan fingerprint density at radius 2 is 1.88 bits per heavy atom. The van der Waals surface area contributed by atoms with Gasteiger partial charge >= 0.3 is 0 Å². The molecule has 0 aliphatic carbocycles. The zero-order valence-corrected chi connectivity index (χ0v) is 14.2. The number of hydrogen-bond donors (Lipinski definition) is 1. The first kappa shape index (κ1) is 16.2. The highest BCUT2D eigenvalue weighted by Crippen LogP contribution is 2.21. The van der Waals surface area contributed by atoms with Gasteiger partial charge in [-0.1, -0.05) is 42.5 Å². The molecule has 5 heteroatoms. The largest absolute Gasteiger partial charge is 0.378 e. The summed E-state index contributed by atoms with van der Waals surface area (Å²) in [5.41, 5.74) is 3.25. The van der Waals surface area contributed by atoms with Gasteiger partial charge in [0.05, 0.1) is 12.6 Å². The summed E-state index contributed by atoms with van der Waals surface area (Å²) < 4.78 is 7.39. The molecular formula is C19H22N4O. The molecule has 1 atom stereocenters. The van der Waals surface area contributed by atoms with Crippen LogP contribution in [0.5, 0.6) is 0 Å². The molecular weight excluding hydrogens is 300 g/mol. The Labute approximate surface area is 142 Å². The highest BCUT2D eigenvalue weighted by Gasteiger charge is 2.10. The molecule has 0 fully saturated rings. The molecule has 0 aliphatic heterocycles. The second-order valence-electron chi connectivity index (χ2n) is 5.72. The summed E-state index contributed by atoms with van der Waals surface area (Å²) in [6, 6.07) is 18.3. The Hall–Kier alpha value is -2.66. The number of benzene rings is 2. The summed E-state index contributed by atoms with van der Waals surface area (Å²) in [6.45, 7) is 2.65. The zero-order chi connectivity index (χ0) is 16.9.